The van der Waals surface area contributed by atoms with Gasteiger partial charge in [0.15, 0.2) is 0 Å². The van der Waals surface area contributed by atoms with E-state index in [1.54, 1.807) is 38.5 Å². The second kappa shape index (κ2) is 9.89. The summed E-state index contributed by atoms with van der Waals surface area (Å²) in [5, 5.41) is 11.2. The van der Waals surface area contributed by atoms with Crippen LogP contribution in [0.4, 0.5) is 5.69 Å². The van der Waals surface area contributed by atoms with E-state index in [0.717, 1.165) is 17.1 Å². The zero-order chi connectivity index (χ0) is 21.5. The minimum Gasteiger partial charge on any atom is -0.497 e. The van der Waals surface area contributed by atoms with Gasteiger partial charge in [-0.2, -0.15) is 0 Å². The fraction of sp³-hybridized carbons (Fsp3) is 0.318. The monoisotopic (exact) mass is 410 g/mol. The first kappa shape index (κ1) is 21.3. The first-order valence-electron chi connectivity index (χ1n) is 9.69. The molecule has 158 valence electrons. The van der Waals surface area contributed by atoms with Crippen molar-refractivity contribution >= 4 is 11.6 Å². The van der Waals surface area contributed by atoms with Crippen molar-refractivity contribution in [3.8, 4) is 23.0 Å². The number of benzene rings is 2. The SMILES string of the molecule is CCN(CC(=O)Nc1ccc(OC)cc1)[C@H](C)c1nnc(-c2ccc(OC)cc2)o1. The Hall–Kier alpha value is -3.39. The maximum absolute atomic E-state index is 12.5. The number of rotatable bonds is 9. The first-order valence-corrected chi connectivity index (χ1v) is 9.69. The topological polar surface area (TPSA) is 89.7 Å². The van der Waals surface area contributed by atoms with Gasteiger partial charge in [-0.1, -0.05) is 6.92 Å². The Balaban J connectivity index is 1.64. The molecule has 0 bridgehead atoms. The van der Waals surface area contributed by atoms with Crippen molar-refractivity contribution in [1.82, 2.24) is 15.1 Å². The largest absolute Gasteiger partial charge is 0.497 e. The molecule has 1 atom stereocenters. The summed E-state index contributed by atoms with van der Waals surface area (Å²) in [5.74, 6) is 2.26. The van der Waals surface area contributed by atoms with Crippen LogP contribution >= 0.6 is 0 Å². The van der Waals surface area contributed by atoms with E-state index >= 15 is 0 Å². The second-order valence-electron chi connectivity index (χ2n) is 6.69. The molecule has 2 aromatic carbocycles. The van der Waals surface area contributed by atoms with Crippen molar-refractivity contribution in [1.29, 1.82) is 0 Å². The lowest BCUT2D eigenvalue weighted by molar-refractivity contribution is -0.117. The summed E-state index contributed by atoms with van der Waals surface area (Å²) < 4.78 is 16.2. The number of carbonyl (C=O) groups excluding carboxylic acids is 1. The van der Waals surface area contributed by atoms with Gasteiger partial charge in [-0.3, -0.25) is 9.69 Å². The molecule has 0 aliphatic rings. The van der Waals surface area contributed by atoms with Gasteiger partial charge in [-0.25, -0.2) is 0 Å². The minimum absolute atomic E-state index is 0.122. The fourth-order valence-corrected chi connectivity index (χ4v) is 2.99. The highest BCUT2D eigenvalue weighted by molar-refractivity contribution is 5.92. The van der Waals surface area contributed by atoms with Gasteiger partial charge in [0.2, 0.25) is 17.7 Å². The molecule has 1 heterocycles. The summed E-state index contributed by atoms with van der Waals surface area (Å²) in [6.45, 7) is 4.77. The van der Waals surface area contributed by atoms with Crippen LogP contribution in [0.5, 0.6) is 11.5 Å². The molecule has 8 nitrogen and oxygen atoms in total. The number of nitrogens with one attached hydrogen (secondary N) is 1. The standard InChI is InChI=1S/C22H26N4O4/c1-5-26(14-20(27)23-17-8-12-19(29-4)13-9-17)15(2)21-24-25-22(30-21)16-6-10-18(28-3)11-7-16/h6-13,15H,5,14H2,1-4H3,(H,23,27)/t15-/m1/s1. The van der Waals surface area contributed by atoms with Gasteiger partial charge in [0.25, 0.3) is 0 Å². The highest BCUT2D eigenvalue weighted by atomic mass is 16.5. The average molecular weight is 410 g/mol. The van der Waals surface area contributed by atoms with Crippen molar-refractivity contribution in [2.45, 2.75) is 19.9 Å². The van der Waals surface area contributed by atoms with E-state index in [1.165, 1.54) is 0 Å². The van der Waals surface area contributed by atoms with E-state index in [2.05, 4.69) is 15.5 Å². The molecular weight excluding hydrogens is 384 g/mol. The summed E-state index contributed by atoms with van der Waals surface area (Å²) >= 11 is 0. The van der Waals surface area contributed by atoms with Gasteiger partial charge < -0.3 is 19.2 Å². The Bertz CT molecular complexity index is 954. The molecule has 1 amide bonds. The Morgan fingerprint density at radius 2 is 1.63 bits per heavy atom. The Morgan fingerprint density at radius 3 is 2.20 bits per heavy atom. The summed E-state index contributed by atoms with van der Waals surface area (Å²) in [6, 6.07) is 14.4. The smallest absolute Gasteiger partial charge is 0.247 e. The molecule has 30 heavy (non-hydrogen) atoms. The Morgan fingerprint density at radius 1 is 1.03 bits per heavy atom. The predicted molar refractivity (Wildman–Crippen MR) is 114 cm³/mol. The van der Waals surface area contributed by atoms with Crippen LogP contribution in [0.1, 0.15) is 25.8 Å². The summed E-state index contributed by atoms with van der Waals surface area (Å²) in [5.41, 5.74) is 1.52. The number of hydrogen-bond acceptors (Lipinski definition) is 7. The maximum atomic E-state index is 12.5. The molecule has 0 aliphatic heterocycles. The van der Waals surface area contributed by atoms with Crippen LogP contribution in [-0.4, -0.2) is 48.3 Å². The first-order chi connectivity index (χ1) is 14.5. The summed E-state index contributed by atoms with van der Waals surface area (Å²) in [7, 11) is 3.22. The summed E-state index contributed by atoms with van der Waals surface area (Å²) in [6.07, 6.45) is 0. The molecule has 8 heteroatoms. The van der Waals surface area contributed by atoms with E-state index in [0.29, 0.717) is 24.0 Å². The number of likely N-dealkylation sites (N-methyl/N-ethyl adjacent to an activating group) is 1. The molecule has 0 saturated heterocycles. The lowest BCUT2D eigenvalue weighted by atomic mass is 10.2. The van der Waals surface area contributed by atoms with Crippen LogP contribution in [0.3, 0.4) is 0 Å². The summed E-state index contributed by atoms with van der Waals surface area (Å²) in [4.78, 5) is 14.5. The highest BCUT2D eigenvalue weighted by Crippen LogP contribution is 2.25. The molecule has 0 unspecified atom stereocenters. The van der Waals surface area contributed by atoms with E-state index in [9.17, 15) is 4.79 Å². The zero-order valence-electron chi connectivity index (χ0n) is 17.6. The molecule has 0 radical (unpaired) electrons. The number of anilines is 1. The second-order valence-corrected chi connectivity index (χ2v) is 6.69. The number of hydrogen-bond donors (Lipinski definition) is 1. The number of ether oxygens (including phenoxy) is 2. The maximum Gasteiger partial charge on any atom is 0.247 e. The van der Waals surface area contributed by atoms with Gasteiger partial charge in [0.05, 0.1) is 26.8 Å². The van der Waals surface area contributed by atoms with Crippen molar-refractivity contribution in [3.63, 3.8) is 0 Å². The Labute approximate surface area is 175 Å². The van der Waals surface area contributed by atoms with Crippen molar-refractivity contribution < 1.29 is 18.7 Å². The van der Waals surface area contributed by atoms with Crippen LogP contribution in [0.2, 0.25) is 0 Å². The number of nitrogens with zero attached hydrogens (tertiary/aromatic N) is 3. The van der Waals surface area contributed by atoms with E-state index in [1.807, 2.05) is 43.0 Å². The molecule has 0 saturated carbocycles. The van der Waals surface area contributed by atoms with Crippen LogP contribution in [0.25, 0.3) is 11.5 Å². The van der Waals surface area contributed by atoms with E-state index in [4.69, 9.17) is 13.9 Å². The molecular formula is C22H26N4O4. The normalized spacial score (nSPS) is 11.9. The third kappa shape index (κ3) is 5.15. The van der Waals surface area contributed by atoms with Gasteiger partial charge in [0, 0.05) is 11.3 Å². The van der Waals surface area contributed by atoms with Crippen LogP contribution in [0.15, 0.2) is 52.9 Å². The number of carbonyl (C=O) groups is 1. The lowest BCUT2D eigenvalue weighted by Gasteiger charge is -2.24. The van der Waals surface area contributed by atoms with Gasteiger partial charge in [-0.05, 0) is 62.0 Å². The number of aromatic nitrogens is 2. The van der Waals surface area contributed by atoms with Crippen LogP contribution < -0.4 is 14.8 Å². The van der Waals surface area contributed by atoms with Crippen molar-refractivity contribution in [3.05, 3.63) is 54.4 Å². The van der Waals surface area contributed by atoms with E-state index in [-0.39, 0.29) is 18.5 Å². The molecule has 1 N–H and O–H groups in total. The Kier molecular flexibility index (Phi) is 7.03. The predicted octanol–water partition coefficient (Wildman–Crippen LogP) is 3.78. The van der Waals surface area contributed by atoms with Crippen LogP contribution in [-0.2, 0) is 4.79 Å². The number of amides is 1. The average Bonchev–Trinajstić information content (AvgIpc) is 3.28. The number of methoxy groups -OCH3 is 2. The molecule has 0 aliphatic carbocycles. The highest BCUT2D eigenvalue weighted by Gasteiger charge is 2.23. The van der Waals surface area contributed by atoms with Gasteiger partial charge in [0.1, 0.15) is 11.5 Å². The molecule has 0 fully saturated rings. The molecule has 3 rings (SSSR count). The third-order valence-electron chi connectivity index (χ3n) is 4.81. The van der Waals surface area contributed by atoms with Crippen LogP contribution in [0, 0.1) is 0 Å². The minimum atomic E-state index is -0.212. The fourth-order valence-electron chi connectivity index (χ4n) is 2.99. The van der Waals surface area contributed by atoms with Crippen molar-refractivity contribution in [2.75, 3.05) is 32.6 Å². The third-order valence-corrected chi connectivity index (χ3v) is 4.81. The van der Waals surface area contributed by atoms with E-state index < -0.39 is 0 Å². The van der Waals surface area contributed by atoms with Crippen molar-refractivity contribution in [2.24, 2.45) is 0 Å². The lowest BCUT2D eigenvalue weighted by Crippen LogP contribution is -2.35. The van der Waals surface area contributed by atoms with Gasteiger partial charge in [-0.15, -0.1) is 10.2 Å². The quantitative estimate of drug-likeness (QED) is 0.574. The molecule has 3 aromatic rings. The molecule has 0 spiro atoms. The van der Waals surface area contributed by atoms with Gasteiger partial charge >= 0.3 is 0 Å². The zero-order valence-corrected chi connectivity index (χ0v) is 17.6. The molecule has 1 aromatic heterocycles.